The average Bonchev–Trinajstić information content (AvgIpc) is 3.37. The van der Waals surface area contributed by atoms with Crippen LogP contribution in [0, 0.1) is 11.3 Å². The van der Waals surface area contributed by atoms with Gasteiger partial charge >= 0.3 is 6.18 Å². The number of carbonyl (C=O) groups is 4. The molecule has 0 aliphatic carbocycles. The Hall–Kier alpha value is -5.57. The van der Waals surface area contributed by atoms with Crippen LogP contribution < -0.4 is 30.5 Å². The van der Waals surface area contributed by atoms with E-state index >= 15 is 0 Å². The number of nitriles is 1. The number of rotatable bonds is 12. The quantitative estimate of drug-likeness (QED) is 0.162. The first-order valence-corrected chi connectivity index (χ1v) is 19.5. The minimum absolute atomic E-state index is 0.0167. The molecular weight excluding hydrogens is 774 g/mol. The summed E-state index contributed by atoms with van der Waals surface area (Å²) in [5.74, 6) is -0.639. The van der Waals surface area contributed by atoms with Crippen LogP contribution in [0.1, 0.15) is 57.2 Å². The molecule has 17 heteroatoms. The van der Waals surface area contributed by atoms with Crippen LogP contribution in [0.15, 0.2) is 60.7 Å². The average molecular weight is 819 g/mol. The summed E-state index contributed by atoms with van der Waals surface area (Å²) in [7, 11) is 0. The number of hydrogen-bond donors (Lipinski definition) is 3. The molecule has 2 atom stereocenters. The van der Waals surface area contributed by atoms with Crippen LogP contribution in [-0.2, 0) is 31.8 Å². The molecule has 3 saturated heterocycles. The van der Waals surface area contributed by atoms with E-state index in [0.717, 1.165) is 35.7 Å². The van der Waals surface area contributed by atoms with Gasteiger partial charge in [-0.05, 0) is 106 Å². The van der Waals surface area contributed by atoms with Gasteiger partial charge in [0, 0.05) is 56.2 Å². The van der Waals surface area contributed by atoms with Crippen LogP contribution >= 0.6 is 12.2 Å². The van der Waals surface area contributed by atoms with E-state index in [1.54, 1.807) is 55.1 Å². The molecule has 6 rings (SSSR count). The molecule has 1 unspecified atom stereocenters. The monoisotopic (exact) mass is 818 g/mol. The molecule has 0 saturated carbocycles. The van der Waals surface area contributed by atoms with Crippen LogP contribution in [0.2, 0.25) is 0 Å². The van der Waals surface area contributed by atoms with Gasteiger partial charge in [-0.25, -0.2) is 0 Å². The second-order valence-corrected chi connectivity index (χ2v) is 15.3. The lowest BCUT2D eigenvalue weighted by molar-refractivity contribution is -0.138. The van der Waals surface area contributed by atoms with Crippen LogP contribution in [-0.4, -0.2) is 95.5 Å². The molecule has 0 bridgehead atoms. The minimum Gasteiger partial charge on any atom is -0.492 e. The van der Waals surface area contributed by atoms with Crippen LogP contribution in [0.4, 0.5) is 35.9 Å². The molecule has 4 amide bonds. The lowest BCUT2D eigenvalue weighted by Gasteiger charge is -2.37. The van der Waals surface area contributed by atoms with Gasteiger partial charge in [0.05, 0.1) is 28.9 Å². The van der Waals surface area contributed by atoms with Crippen molar-refractivity contribution in [2.24, 2.45) is 0 Å². The normalized spacial score (nSPS) is 19.4. The highest BCUT2D eigenvalue weighted by Crippen LogP contribution is 2.40. The van der Waals surface area contributed by atoms with Gasteiger partial charge in [-0.15, -0.1) is 0 Å². The molecule has 3 heterocycles. The largest absolute Gasteiger partial charge is 0.492 e. The number of nitrogens with zero attached hydrogens (tertiary/aromatic N) is 5. The van der Waals surface area contributed by atoms with Crippen molar-refractivity contribution in [2.75, 3.05) is 59.8 Å². The van der Waals surface area contributed by atoms with Crippen molar-refractivity contribution in [1.82, 2.24) is 15.1 Å². The summed E-state index contributed by atoms with van der Waals surface area (Å²) in [6, 6.07) is 16.3. The third-order valence-electron chi connectivity index (χ3n) is 10.7. The van der Waals surface area contributed by atoms with Gasteiger partial charge in [0.1, 0.15) is 23.9 Å². The molecule has 0 aromatic heterocycles. The fourth-order valence-electron chi connectivity index (χ4n) is 7.37. The number of amides is 4. The van der Waals surface area contributed by atoms with E-state index in [1.165, 1.54) is 6.07 Å². The molecule has 3 aliphatic heterocycles. The lowest BCUT2D eigenvalue weighted by Crippen LogP contribution is -2.53. The summed E-state index contributed by atoms with van der Waals surface area (Å²) in [5.41, 5.74) is -0.279. The molecule has 0 radical (unpaired) electrons. The van der Waals surface area contributed by atoms with Crippen molar-refractivity contribution >= 4 is 63.7 Å². The number of piperidine rings is 1. The number of piperazine rings is 1. The zero-order chi connectivity index (χ0) is 41.9. The smallest absolute Gasteiger partial charge is 0.417 e. The Labute approximate surface area is 340 Å². The highest BCUT2D eigenvalue weighted by Gasteiger charge is 2.51. The second kappa shape index (κ2) is 17.1. The van der Waals surface area contributed by atoms with Crippen molar-refractivity contribution in [3.8, 4) is 11.8 Å². The number of alkyl halides is 3. The van der Waals surface area contributed by atoms with Crippen molar-refractivity contribution in [3.05, 3.63) is 77.4 Å². The lowest BCUT2D eigenvalue weighted by atomic mass is 10.0. The topological polar surface area (TPSA) is 150 Å². The molecular formula is C41H45F3N8O5S. The summed E-state index contributed by atoms with van der Waals surface area (Å²) in [5, 5.41) is 17.7. The predicted molar refractivity (Wildman–Crippen MR) is 216 cm³/mol. The zero-order valence-corrected chi connectivity index (χ0v) is 33.4. The number of aryl methyl sites for hydroxylation is 1. The molecule has 3 aromatic rings. The second-order valence-electron chi connectivity index (χ2n) is 14.9. The number of nitrogens with one attached hydrogen (secondary N) is 3. The van der Waals surface area contributed by atoms with E-state index in [9.17, 15) is 37.6 Å². The highest BCUT2D eigenvalue weighted by molar-refractivity contribution is 7.81. The van der Waals surface area contributed by atoms with E-state index in [2.05, 4.69) is 25.8 Å². The van der Waals surface area contributed by atoms with Crippen LogP contribution in [0.5, 0.6) is 5.75 Å². The van der Waals surface area contributed by atoms with Crippen molar-refractivity contribution in [2.45, 2.75) is 70.8 Å². The summed E-state index contributed by atoms with van der Waals surface area (Å²) in [6.45, 7) is 11.1. The van der Waals surface area contributed by atoms with E-state index in [-0.39, 0.29) is 41.0 Å². The number of imide groups is 1. The Balaban J connectivity index is 1.01. The number of carbonyl (C=O) groups excluding carboxylic acids is 4. The van der Waals surface area contributed by atoms with E-state index < -0.39 is 34.8 Å². The van der Waals surface area contributed by atoms with Gasteiger partial charge in [0.15, 0.2) is 5.11 Å². The summed E-state index contributed by atoms with van der Waals surface area (Å²) < 4.78 is 47.5. The van der Waals surface area contributed by atoms with Crippen molar-refractivity contribution in [3.63, 3.8) is 0 Å². The Morgan fingerprint density at radius 2 is 1.74 bits per heavy atom. The molecule has 3 aliphatic rings. The van der Waals surface area contributed by atoms with Crippen LogP contribution in [0.25, 0.3) is 0 Å². The van der Waals surface area contributed by atoms with Gasteiger partial charge in [0.2, 0.25) is 17.7 Å². The standard InChI is InChI=1S/C41H45F3N8O5S/c1-5-26-21-31(52-39(58)51(38(56)40(52,3)4)30-10-9-27(24-45)32(23-30)41(42,43)44)11-13-34(26)57-20-19-49-15-17-50(18-16-49)25(2)36(54)47-29-8-6-7-28(22-29)46-33-12-14-35(53)48-37(33)55/h6-11,13,21-23,25,33,46H,5,12,14-20H2,1-4H3,(H,47,54)(H,48,53,55)/t25-,33?/m1/s1. The number of halogens is 3. The molecule has 3 fully saturated rings. The Bertz CT molecular complexity index is 2150. The first-order chi connectivity index (χ1) is 27.5. The fourth-order valence-corrected chi connectivity index (χ4v) is 7.89. The molecule has 3 N–H and O–H groups in total. The maximum Gasteiger partial charge on any atom is 0.417 e. The first-order valence-electron chi connectivity index (χ1n) is 19.0. The Morgan fingerprint density at radius 1 is 1.03 bits per heavy atom. The van der Waals surface area contributed by atoms with Crippen LogP contribution in [0.3, 0.4) is 0 Å². The number of thiocarbonyl (C=S) groups is 1. The van der Waals surface area contributed by atoms with E-state index in [1.807, 2.05) is 26.0 Å². The van der Waals surface area contributed by atoms with Gasteiger partial charge in [-0.2, -0.15) is 18.4 Å². The van der Waals surface area contributed by atoms with Gasteiger partial charge < -0.3 is 20.3 Å². The minimum atomic E-state index is -4.80. The zero-order valence-electron chi connectivity index (χ0n) is 32.6. The van der Waals surface area contributed by atoms with Gasteiger partial charge in [0.25, 0.3) is 5.91 Å². The maximum absolute atomic E-state index is 13.8. The van der Waals surface area contributed by atoms with E-state index in [0.29, 0.717) is 61.9 Å². The van der Waals surface area contributed by atoms with E-state index in [4.69, 9.17) is 17.0 Å². The third-order valence-corrected chi connectivity index (χ3v) is 11.1. The molecule has 3 aromatic carbocycles. The number of ether oxygens (including phenoxy) is 1. The molecule has 58 heavy (non-hydrogen) atoms. The third kappa shape index (κ3) is 8.94. The Kier molecular flexibility index (Phi) is 12.4. The molecule has 13 nitrogen and oxygen atoms in total. The summed E-state index contributed by atoms with van der Waals surface area (Å²) in [6.07, 6.45) is -3.54. The number of hydrogen-bond acceptors (Lipinski definition) is 10. The number of anilines is 4. The maximum atomic E-state index is 13.8. The molecule has 0 spiro atoms. The summed E-state index contributed by atoms with van der Waals surface area (Å²) in [4.78, 5) is 57.6. The predicted octanol–water partition coefficient (Wildman–Crippen LogP) is 5.30. The fraction of sp³-hybridized carbons (Fsp3) is 0.415. The van der Waals surface area contributed by atoms with Gasteiger partial charge in [-0.3, -0.25) is 39.2 Å². The Morgan fingerprint density at radius 3 is 2.41 bits per heavy atom. The highest BCUT2D eigenvalue weighted by atomic mass is 32.1. The number of benzene rings is 3. The van der Waals surface area contributed by atoms with Crippen molar-refractivity contribution in [1.29, 1.82) is 5.26 Å². The summed E-state index contributed by atoms with van der Waals surface area (Å²) >= 11 is 5.71. The molecule has 306 valence electrons. The van der Waals surface area contributed by atoms with Crippen molar-refractivity contribution < 1.29 is 37.1 Å². The SMILES string of the molecule is CCc1cc(N2C(=S)N(c3ccc(C#N)c(C(F)(F)F)c3)C(=O)C2(C)C)ccc1OCCN1CCN([C@H](C)C(=O)Nc2cccc(NC3CCC(=O)NC3=O)c2)CC1. The first kappa shape index (κ1) is 42.0. The van der Waals surface area contributed by atoms with Gasteiger partial charge in [-0.1, -0.05) is 13.0 Å².